The Kier molecular flexibility index (Phi) is 5.00. The first-order chi connectivity index (χ1) is 9.16. The Morgan fingerprint density at radius 2 is 1.84 bits per heavy atom. The van der Waals surface area contributed by atoms with E-state index in [4.69, 9.17) is 17.3 Å². The fraction of sp³-hybridized carbons (Fsp3) is 0.200. The summed E-state index contributed by atoms with van der Waals surface area (Å²) < 4.78 is 12.2. The van der Waals surface area contributed by atoms with E-state index in [1.165, 1.54) is 5.56 Å². The molecule has 2 rings (SSSR count). The molecule has 0 spiro atoms. The van der Waals surface area contributed by atoms with Crippen molar-refractivity contribution in [2.75, 3.05) is 11.5 Å². The van der Waals surface area contributed by atoms with Crippen LogP contribution in [0.25, 0.3) is 0 Å². The molecule has 0 aliphatic carbocycles. The average molecular weight is 294 g/mol. The highest BCUT2D eigenvalue weighted by Crippen LogP contribution is 2.22. The number of nitrogen functional groups attached to an aromatic ring is 1. The van der Waals surface area contributed by atoms with Gasteiger partial charge in [-0.1, -0.05) is 41.9 Å². The van der Waals surface area contributed by atoms with Crippen LogP contribution in [0, 0.1) is 0 Å². The zero-order valence-electron chi connectivity index (χ0n) is 10.5. The molecule has 0 bridgehead atoms. The largest absolute Gasteiger partial charge is 0.398 e. The van der Waals surface area contributed by atoms with Gasteiger partial charge >= 0.3 is 0 Å². The number of halogens is 1. The molecule has 1 atom stereocenters. The third-order valence-corrected chi connectivity index (χ3v) is 4.60. The molecular weight excluding hydrogens is 278 g/mol. The van der Waals surface area contributed by atoms with Gasteiger partial charge in [0.15, 0.2) is 0 Å². The van der Waals surface area contributed by atoms with E-state index >= 15 is 0 Å². The summed E-state index contributed by atoms with van der Waals surface area (Å²) in [5.41, 5.74) is 7.63. The molecular formula is C15H16ClNOS. The topological polar surface area (TPSA) is 43.1 Å². The van der Waals surface area contributed by atoms with Crippen molar-refractivity contribution in [2.24, 2.45) is 0 Å². The van der Waals surface area contributed by atoms with Gasteiger partial charge in [-0.25, -0.2) is 0 Å². The van der Waals surface area contributed by atoms with E-state index < -0.39 is 10.8 Å². The van der Waals surface area contributed by atoms with Crippen molar-refractivity contribution in [3.8, 4) is 0 Å². The highest BCUT2D eigenvalue weighted by atomic mass is 35.5. The molecule has 0 amide bonds. The average Bonchev–Trinajstić information content (AvgIpc) is 2.42. The Morgan fingerprint density at radius 3 is 2.58 bits per heavy atom. The monoisotopic (exact) mass is 293 g/mol. The maximum atomic E-state index is 12.2. The molecule has 2 aromatic carbocycles. The number of hydrogen-bond acceptors (Lipinski definition) is 2. The third kappa shape index (κ3) is 4.08. The molecule has 2 N–H and O–H groups in total. The van der Waals surface area contributed by atoms with Crippen LogP contribution in [0.4, 0.5) is 5.69 Å². The summed E-state index contributed by atoms with van der Waals surface area (Å²) in [4.78, 5) is 0.639. The lowest BCUT2D eigenvalue weighted by molar-refractivity contribution is 0.680. The molecule has 0 aliphatic rings. The van der Waals surface area contributed by atoms with Crippen molar-refractivity contribution >= 4 is 28.1 Å². The van der Waals surface area contributed by atoms with E-state index in [1.807, 2.05) is 18.2 Å². The van der Waals surface area contributed by atoms with Crippen LogP contribution in [0.3, 0.4) is 0 Å². The zero-order valence-corrected chi connectivity index (χ0v) is 12.1. The quantitative estimate of drug-likeness (QED) is 0.855. The van der Waals surface area contributed by atoms with Crippen LogP contribution >= 0.6 is 11.6 Å². The molecule has 1 unspecified atom stereocenters. The first-order valence-corrected chi connectivity index (χ1v) is 7.84. The van der Waals surface area contributed by atoms with E-state index in [1.54, 1.807) is 18.2 Å². The van der Waals surface area contributed by atoms with Gasteiger partial charge in [-0.15, -0.1) is 0 Å². The lowest BCUT2D eigenvalue weighted by atomic mass is 10.1. The summed E-state index contributed by atoms with van der Waals surface area (Å²) in [5.74, 6) is 0.597. The van der Waals surface area contributed by atoms with Gasteiger partial charge in [-0.2, -0.15) is 0 Å². The second kappa shape index (κ2) is 6.73. The number of aryl methyl sites for hydroxylation is 1. The maximum absolute atomic E-state index is 12.2. The molecule has 2 aromatic rings. The van der Waals surface area contributed by atoms with Crippen molar-refractivity contribution in [2.45, 2.75) is 17.7 Å². The van der Waals surface area contributed by atoms with Crippen LogP contribution in [0.5, 0.6) is 0 Å². The Labute approximate surface area is 121 Å². The first kappa shape index (κ1) is 14.1. The second-order valence-corrected chi connectivity index (χ2v) is 6.30. The Morgan fingerprint density at radius 1 is 1.11 bits per heavy atom. The number of nitrogens with two attached hydrogens (primary N) is 1. The highest BCUT2D eigenvalue weighted by molar-refractivity contribution is 7.85. The van der Waals surface area contributed by atoms with Gasteiger partial charge in [0, 0.05) is 16.5 Å². The van der Waals surface area contributed by atoms with E-state index in [-0.39, 0.29) is 0 Å². The van der Waals surface area contributed by atoms with E-state index in [0.717, 1.165) is 12.8 Å². The third-order valence-electron chi connectivity index (χ3n) is 2.86. The van der Waals surface area contributed by atoms with Gasteiger partial charge in [0.2, 0.25) is 0 Å². The molecule has 0 saturated heterocycles. The van der Waals surface area contributed by atoms with Crippen molar-refractivity contribution in [3.63, 3.8) is 0 Å². The number of benzene rings is 2. The number of anilines is 1. The van der Waals surface area contributed by atoms with Crippen LogP contribution in [0.1, 0.15) is 12.0 Å². The fourth-order valence-corrected chi connectivity index (χ4v) is 3.32. The summed E-state index contributed by atoms with van der Waals surface area (Å²) in [6.07, 6.45) is 1.79. The number of rotatable bonds is 5. The minimum Gasteiger partial charge on any atom is -0.398 e. The van der Waals surface area contributed by atoms with Crippen molar-refractivity contribution in [1.82, 2.24) is 0 Å². The summed E-state index contributed by atoms with van der Waals surface area (Å²) in [5, 5.41) is 0.570. The van der Waals surface area contributed by atoms with Gasteiger partial charge in [-0.3, -0.25) is 4.21 Å². The molecule has 0 fully saturated rings. The Hall–Kier alpha value is -1.32. The summed E-state index contributed by atoms with van der Waals surface area (Å²) in [7, 11) is -1.09. The zero-order chi connectivity index (χ0) is 13.7. The normalized spacial score (nSPS) is 12.3. The van der Waals surface area contributed by atoms with E-state index in [2.05, 4.69) is 12.1 Å². The maximum Gasteiger partial charge on any atom is 0.0632 e. The molecule has 0 radical (unpaired) electrons. The second-order valence-electron chi connectivity index (χ2n) is 4.32. The SMILES string of the molecule is Nc1ccc(Cl)cc1S(=O)CCCc1ccccc1. The molecule has 100 valence electrons. The van der Waals surface area contributed by atoms with Crippen LogP contribution in [0.2, 0.25) is 5.02 Å². The smallest absolute Gasteiger partial charge is 0.0632 e. The van der Waals surface area contributed by atoms with Crippen LogP contribution in [-0.2, 0) is 17.2 Å². The van der Waals surface area contributed by atoms with Crippen LogP contribution < -0.4 is 5.73 Å². The van der Waals surface area contributed by atoms with Gasteiger partial charge in [0.25, 0.3) is 0 Å². The molecule has 0 heterocycles. The predicted octanol–water partition coefficient (Wildman–Crippen LogP) is 3.66. The van der Waals surface area contributed by atoms with Gasteiger partial charge in [-0.05, 0) is 36.6 Å². The lowest BCUT2D eigenvalue weighted by Gasteiger charge is -2.06. The Balaban J connectivity index is 1.93. The predicted molar refractivity (Wildman–Crippen MR) is 81.9 cm³/mol. The molecule has 2 nitrogen and oxygen atoms in total. The minimum atomic E-state index is -1.09. The van der Waals surface area contributed by atoms with Crippen LogP contribution in [-0.4, -0.2) is 9.96 Å². The van der Waals surface area contributed by atoms with Crippen LogP contribution in [0.15, 0.2) is 53.4 Å². The van der Waals surface area contributed by atoms with E-state index in [0.29, 0.717) is 21.4 Å². The lowest BCUT2D eigenvalue weighted by Crippen LogP contribution is -2.03. The first-order valence-electron chi connectivity index (χ1n) is 6.14. The molecule has 0 aliphatic heterocycles. The molecule has 19 heavy (non-hydrogen) atoms. The minimum absolute atomic E-state index is 0.544. The van der Waals surface area contributed by atoms with Gasteiger partial charge < -0.3 is 5.73 Å². The van der Waals surface area contributed by atoms with Gasteiger partial charge in [0.1, 0.15) is 0 Å². The summed E-state index contributed by atoms with van der Waals surface area (Å²) in [6, 6.07) is 15.3. The Bertz CT molecular complexity index is 572. The molecule has 0 saturated carbocycles. The standard InChI is InChI=1S/C15H16ClNOS/c16-13-8-9-14(17)15(11-13)19(18)10-4-7-12-5-2-1-3-6-12/h1-3,5-6,8-9,11H,4,7,10,17H2. The summed E-state index contributed by atoms with van der Waals surface area (Å²) in [6.45, 7) is 0. The fourth-order valence-electron chi connectivity index (χ4n) is 1.87. The molecule has 0 aromatic heterocycles. The van der Waals surface area contributed by atoms with Gasteiger partial charge in [0.05, 0.1) is 15.7 Å². The van der Waals surface area contributed by atoms with E-state index in [9.17, 15) is 4.21 Å². The number of hydrogen-bond donors (Lipinski definition) is 1. The van der Waals surface area contributed by atoms with Crippen molar-refractivity contribution < 1.29 is 4.21 Å². The highest BCUT2D eigenvalue weighted by Gasteiger charge is 2.08. The molecule has 4 heteroatoms. The van der Waals surface area contributed by atoms with Crippen molar-refractivity contribution in [3.05, 3.63) is 59.1 Å². The summed E-state index contributed by atoms with van der Waals surface area (Å²) >= 11 is 5.90. The van der Waals surface area contributed by atoms with Crippen molar-refractivity contribution in [1.29, 1.82) is 0 Å².